The second-order valence-electron chi connectivity index (χ2n) is 5.44. The van der Waals surface area contributed by atoms with Crippen molar-refractivity contribution >= 4 is 0 Å². The second-order valence-corrected chi connectivity index (χ2v) is 5.44. The molecule has 1 heteroatoms. The highest BCUT2D eigenvalue weighted by Crippen LogP contribution is 2.17. The van der Waals surface area contributed by atoms with Gasteiger partial charge in [0.15, 0.2) is 0 Å². The standard InChI is InChI=1S/C17H32N/c1-3-5-7-8-9-10-11-12-13-15-17(16-18)14-6-4-2/h17H,1,3-15H2,2H3. The van der Waals surface area contributed by atoms with Crippen LogP contribution in [0, 0.1) is 24.2 Å². The van der Waals surface area contributed by atoms with E-state index in [-0.39, 0.29) is 0 Å². The molecule has 0 aromatic carbocycles. The van der Waals surface area contributed by atoms with Crippen molar-refractivity contribution in [3.05, 3.63) is 6.92 Å². The summed E-state index contributed by atoms with van der Waals surface area (Å²) in [5.41, 5.74) is 0. The van der Waals surface area contributed by atoms with Crippen LogP contribution in [-0.2, 0) is 0 Å². The molecule has 0 bridgehead atoms. The smallest absolute Gasteiger partial charge is 0.0655 e. The van der Waals surface area contributed by atoms with E-state index in [9.17, 15) is 0 Å². The van der Waals surface area contributed by atoms with Gasteiger partial charge >= 0.3 is 0 Å². The van der Waals surface area contributed by atoms with E-state index in [1.165, 1.54) is 64.2 Å². The Morgan fingerprint density at radius 3 is 1.83 bits per heavy atom. The summed E-state index contributed by atoms with van der Waals surface area (Å²) in [6.07, 6.45) is 16.5. The largest absolute Gasteiger partial charge is 0.198 e. The minimum Gasteiger partial charge on any atom is -0.198 e. The fourth-order valence-electron chi connectivity index (χ4n) is 2.35. The van der Waals surface area contributed by atoms with Crippen molar-refractivity contribution in [2.75, 3.05) is 0 Å². The van der Waals surface area contributed by atoms with Crippen LogP contribution in [0.25, 0.3) is 0 Å². The van der Waals surface area contributed by atoms with Crippen molar-refractivity contribution in [3.63, 3.8) is 0 Å². The van der Waals surface area contributed by atoms with Crippen molar-refractivity contribution < 1.29 is 0 Å². The molecule has 1 nitrogen and oxygen atoms in total. The highest BCUT2D eigenvalue weighted by Gasteiger charge is 2.05. The van der Waals surface area contributed by atoms with Gasteiger partial charge in [0.25, 0.3) is 0 Å². The van der Waals surface area contributed by atoms with Crippen LogP contribution < -0.4 is 0 Å². The Bertz CT molecular complexity index is 192. The molecule has 0 aromatic heterocycles. The summed E-state index contributed by atoms with van der Waals surface area (Å²) >= 11 is 0. The minimum absolute atomic E-state index is 0.321. The van der Waals surface area contributed by atoms with E-state index >= 15 is 0 Å². The van der Waals surface area contributed by atoms with Crippen LogP contribution in [0.4, 0.5) is 0 Å². The molecule has 105 valence electrons. The molecule has 0 aliphatic heterocycles. The van der Waals surface area contributed by atoms with Gasteiger partial charge in [0.1, 0.15) is 0 Å². The number of nitrogens with zero attached hydrogens (tertiary/aromatic N) is 1. The quantitative estimate of drug-likeness (QED) is 0.365. The van der Waals surface area contributed by atoms with Crippen molar-refractivity contribution in [2.24, 2.45) is 5.92 Å². The Labute approximate surface area is 115 Å². The topological polar surface area (TPSA) is 23.8 Å². The maximum atomic E-state index is 9.02. The van der Waals surface area contributed by atoms with Gasteiger partial charge in [-0.05, 0) is 12.8 Å². The highest BCUT2D eigenvalue weighted by molar-refractivity contribution is 4.82. The highest BCUT2D eigenvalue weighted by atomic mass is 14.3. The molecule has 1 unspecified atom stereocenters. The number of rotatable bonds is 13. The molecule has 0 aliphatic carbocycles. The zero-order valence-corrected chi connectivity index (χ0v) is 12.4. The van der Waals surface area contributed by atoms with E-state index < -0.39 is 0 Å². The normalized spacial score (nSPS) is 12.3. The van der Waals surface area contributed by atoms with Gasteiger partial charge < -0.3 is 0 Å². The molecular formula is C17H32N. The van der Waals surface area contributed by atoms with Crippen LogP contribution in [0.1, 0.15) is 90.4 Å². The van der Waals surface area contributed by atoms with Crippen LogP contribution >= 0.6 is 0 Å². The van der Waals surface area contributed by atoms with Gasteiger partial charge in [0.05, 0.1) is 6.07 Å². The van der Waals surface area contributed by atoms with Crippen LogP contribution in [0.5, 0.6) is 0 Å². The Morgan fingerprint density at radius 2 is 1.33 bits per heavy atom. The maximum absolute atomic E-state index is 9.02. The average molecular weight is 250 g/mol. The second kappa shape index (κ2) is 14.6. The molecular weight excluding hydrogens is 218 g/mol. The maximum Gasteiger partial charge on any atom is 0.0655 e. The monoisotopic (exact) mass is 250 g/mol. The number of unbranched alkanes of at least 4 members (excludes halogenated alkanes) is 9. The zero-order chi connectivity index (χ0) is 13.5. The first-order valence-electron chi connectivity index (χ1n) is 8.04. The molecule has 0 saturated carbocycles. The van der Waals surface area contributed by atoms with Crippen molar-refractivity contribution in [3.8, 4) is 6.07 Å². The first-order chi connectivity index (χ1) is 8.85. The Balaban J connectivity index is 3.21. The van der Waals surface area contributed by atoms with E-state index in [4.69, 9.17) is 5.26 Å². The van der Waals surface area contributed by atoms with Crippen molar-refractivity contribution in [1.29, 1.82) is 5.26 Å². The predicted molar refractivity (Wildman–Crippen MR) is 80.2 cm³/mol. The van der Waals surface area contributed by atoms with Gasteiger partial charge in [0, 0.05) is 5.92 Å². The third kappa shape index (κ3) is 12.0. The lowest BCUT2D eigenvalue weighted by Gasteiger charge is -2.07. The van der Waals surface area contributed by atoms with Crippen molar-refractivity contribution in [1.82, 2.24) is 0 Å². The third-order valence-corrected chi connectivity index (χ3v) is 3.64. The van der Waals surface area contributed by atoms with Gasteiger partial charge in [0.2, 0.25) is 0 Å². The number of hydrogen-bond donors (Lipinski definition) is 0. The lowest BCUT2D eigenvalue weighted by molar-refractivity contribution is 0.483. The summed E-state index contributed by atoms with van der Waals surface area (Å²) in [5, 5.41) is 9.02. The molecule has 0 amide bonds. The summed E-state index contributed by atoms with van der Waals surface area (Å²) in [5.74, 6) is 0.321. The molecule has 0 heterocycles. The van der Waals surface area contributed by atoms with Gasteiger partial charge in [-0.1, -0.05) is 84.5 Å². The number of nitriles is 1. The van der Waals surface area contributed by atoms with E-state index in [0.717, 1.165) is 19.3 Å². The Morgan fingerprint density at radius 1 is 0.833 bits per heavy atom. The molecule has 0 aliphatic rings. The lowest BCUT2D eigenvalue weighted by Crippen LogP contribution is -1.97. The van der Waals surface area contributed by atoms with E-state index in [0.29, 0.717) is 5.92 Å². The molecule has 0 N–H and O–H groups in total. The van der Waals surface area contributed by atoms with E-state index in [2.05, 4.69) is 19.9 Å². The summed E-state index contributed by atoms with van der Waals surface area (Å²) in [7, 11) is 0. The Kier molecular flexibility index (Phi) is 14.1. The molecule has 1 radical (unpaired) electrons. The predicted octanol–water partition coefficient (Wildman–Crippen LogP) is 6.05. The summed E-state index contributed by atoms with van der Waals surface area (Å²) in [6.45, 7) is 6.06. The fraction of sp³-hybridized carbons (Fsp3) is 0.882. The molecule has 0 aromatic rings. The molecule has 18 heavy (non-hydrogen) atoms. The van der Waals surface area contributed by atoms with E-state index in [1.54, 1.807) is 0 Å². The van der Waals surface area contributed by atoms with Gasteiger partial charge in [-0.15, -0.1) is 0 Å². The van der Waals surface area contributed by atoms with Crippen LogP contribution in [0.15, 0.2) is 0 Å². The summed E-state index contributed by atoms with van der Waals surface area (Å²) in [4.78, 5) is 0. The number of hydrogen-bond acceptors (Lipinski definition) is 1. The zero-order valence-electron chi connectivity index (χ0n) is 12.4. The van der Waals surface area contributed by atoms with Gasteiger partial charge in [-0.25, -0.2) is 0 Å². The molecule has 0 fully saturated rings. The SMILES string of the molecule is [CH2]CCCCCCCCCCC(C#N)CCCC. The molecule has 0 rings (SSSR count). The average Bonchev–Trinajstić information content (AvgIpc) is 2.40. The van der Waals surface area contributed by atoms with Crippen LogP contribution in [0.3, 0.4) is 0 Å². The van der Waals surface area contributed by atoms with Crippen LogP contribution in [0.2, 0.25) is 0 Å². The van der Waals surface area contributed by atoms with Gasteiger partial charge in [-0.2, -0.15) is 5.26 Å². The first-order valence-corrected chi connectivity index (χ1v) is 8.04. The summed E-state index contributed by atoms with van der Waals surface area (Å²) in [6, 6.07) is 2.46. The summed E-state index contributed by atoms with van der Waals surface area (Å²) < 4.78 is 0. The van der Waals surface area contributed by atoms with Crippen LogP contribution in [-0.4, -0.2) is 0 Å². The third-order valence-electron chi connectivity index (χ3n) is 3.64. The van der Waals surface area contributed by atoms with Gasteiger partial charge in [-0.3, -0.25) is 0 Å². The van der Waals surface area contributed by atoms with E-state index in [1.807, 2.05) is 0 Å². The molecule has 1 atom stereocenters. The molecule has 0 saturated heterocycles. The fourth-order valence-corrected chi connectivity index (χ4v) is 2.35. The first kappa shape index (κ1) is 17.5. The lowest BCUT2D eigenvalue weighted by atomic mass is 9.96. The molecule has 0 spiro atoms. The Hall–Kier alpha value is -0.510. The minimum atomic E-state index is 0.321. The van der Waals surface area contributed by atoms with Crippen molar-refractivity contribution in [2.45, 2.75) is 90.4 Å².